The van der Waals surface area contributed by atoms with E-state index >= 15 is 0 Å². The predicted molar refractivity (Wildman–Crippen MR) is 88.4 cm³/mol. The highest BCUT2D eigenvalue weighted by Gasteiger charge is 2.30. The first-order valence-corrected chi connectivity index (χ1v) is 10.0. The molecule has 1 aliphatic carbocycles. The summed E-state index contributed by atoms with van der Waals surface area (Å²) in [6.07, 6.45) is 2.55. The fourth-order valence-electron chi connectivity index (χ4n) is 2.47. The molecule has 2 atom stereocenters. The van der Waals surface area contributed by atoms with E-state index in [1.807, 2.05) is 11.8 Å². The molecule has 0 bridgehead atoms. The van der Waals surface area contributed by atoms with Gasteiger partial charge in [-0.25, -0.2) is 17.5 Å². The molecule has 0 amide bonds. The second-order valence-corrected chi connectivity index (χ2v) is 9.13. The van der Waals surface area contributed by atoms with Gasteiger partial charge in [-0.15, -0.1) is 0 Å². The van der Waals surface area contributed by atoms with E-state index in [4.69, 9.17) is 5.73 Å². The van der Waals surface area contributed by atoms with Gasteiger partial charge < -0.3 is 5.73 Å². The Morgan fingerprint density at radius 1 is 1.48 bits per heavy atom. The van der Waals surface area contributed by atoms with Crippen LogP contribution in [0.1, 0.15) is 26.2 Å². The van der Waals surface area contributed by atoms with Gasteiger partial charge in [0.1, 0.15) is 10.7 Å². The van der Waals surface area contributed by atoms with Crippen LogP contribution in [0.3, 0.4) is 0 Å². The summed E-state index contributed by atoms with van der Waals surface area (Å²) in [5, 5.41) is 0.475. The minimum atomic E-state index is -3.89. The molecule has 8 heteroatoms. The molecule has 0 aliphatic heterocycles. The maximum Gasteiger partial charge on any atom is 0.243 e. The Labute approximate surface area is 137 Å². The highest BCUT2D eigenvalue weighted by molar-refractivity contribution is 9.10. The highest BCUT2D eigenvalue weighted by atomic mass is 79.9. The standard InChI is InChI=1S/C13H18BrFN2O2S2/c1-2-20-9-4-3-8(5-9)17-21(18,19)13-7-12(16)10(14)6-11(13)15/h6-9,17H,2-5,16H2,1H3. The smallest absolute Gasteiger partial charge is 0.243 e. The predicted octanol–water partition coefficient (Wildman–Crippen LogP) is 3.12. The van der Waals surface area contributed by atoms with Crippen molar-refractivity contribution < 1.29 is 12.8 Å². The van der Waals surface area contributed by atoms with E-state index < -0.39 is 20.7 Å². The number of rotatable bonds is 5. The molecule has 3 N–H and O–H groups in total. The van der Waals surface area contributed by atoms with Gasteiger partial charge in [0.15, 0.2) is 0 Å². The van der Waals surface area contributed by atoms with Crippen LogP contribution >= 0.6 is 27.7 Å². The Morgan fingerprint density at radius 2 is 2.19 bits per heavy atom. The first-order chi connectivity index (χ1) is 9.83. The number of benzene rings is 1. The quantitative estimate of drug-likeness (QED) is 0.749. The maximum atomic E-state index is 13.9. The van der Waals surface area contributed by atoms with Crippen LogP contribution in [0.4, 0.5) is 10.1 Å². The fraction of sp³-hybridized carbons (Fsp3) is 0.538. The van der Waals surface area contributed by atoms with Crippen molar-refractivity contribution in [2.45, 2.75) is 42.4 Å². The average Bonchev–Trinajstić information content (AvgIpc) is 2.80. The zero-order valence-corrected chi connectivity index (χ0v) is 14.8. The molecule has 1 aliphatic rings. The van der Waals surface area contributed by atoms with Crippen molar-refractivity contribution in [2.75, 3.05) is 11.5 Å². The minimum absolute atomic E-state index is 0.136. The van der Waals surface area contributed by atoms with Gasteiger partial charge in [-0.1, -0.05) is 6.92 Å². The normalized spacial score (nSPS) is 22.6. The van der Waals surface area contributed by atoms with Gasteiger partial charge >= 0.3 is 0 Å². The van der Waals surface area contributed by atoms with Crippen LogP contribution < -0.4 is 10.5 Å². The number of sulfonamides is 1. The Hall–Kier alpha value is -0.310. The molecule has 0 spiro atoms. The van der Waals surface area contributed by atoms with Crippen molar-refractivity contribution in [3.05, 3.63) is 22.4 Å². The van der Waals surface area contributed by atoms with Gasteiger partial charge in [0.2, 0.25) is 10.0 Å². The highest BCUT2D eigenvalue weighted by Crippen LogP contribution is 2.31. The zero-order valence-electron chi connectivity index (χ0n) is 11.6. The SMILES string of the molecule is CCSC1CCC(NS(=O)(=O)c2cc(N)c(Br)cc2F)C1. The van der Waals surface area contributed by atoms with E-state index in [0.717, 1.165) is 37.1 Å². The van der Waals surface area contributed by atoms with E-state index in [1.54, 1.807) is 0 Å². The van der Waals surface area contributed by atoms with Crippen LogP contribution in [-0.2, 0) is 10.0 Å². The lowest BCUT2D eigenvalue weighted by atomic mass is 10.3. The van der Waals surface area contributed by atoms with Crippen molar-refractivity contribution in [3.63, 3.8) is 0 Å². The molecule has 0 aromatic heterocycles. The first-order valence-electron chi connectivity index (χ1n) is 6.72. The van der Waals surface area contributed by atoms with Gasteiger partial charge in [0.05, 0.1) is 0 Å². The minimum Gasteiger partial charge on any atom is -0.398 e. The number of halogens is 2. The number of nitrogens with two attached hydrogens (primary N) is 1. The molecule has 2 unspecified atom stereocenters. The van der Waals surface area contributed by atoms with Gasteiger partial charge in [0, 0.05) is 21.5 Å². The Morgan fingerprint density at radius 3 is 2.86 bits per heavy atom. The molecule has 1 saturated carbocycles. The molecular formula is C13H18BrFN2O2S2. The molecular weight excluding hydrogens is 379 g/mol. The van der Waals surface area contributed by atoms with Crippen molar-refractivity contribution in [2.24, 2.45) is 0 Å². The van der Waals surface area contributed by atoms with E-state index in [2.05, 4.69) is 27.6 Å². The molecule has 1 aromatic carbocycles. The molecule has 1 fully saturated rings. The topological polar surface area (TPSA) is 72.2 Å². The summed E-state index contributed by atoms with van der Waals surface area (Å²) in [4.78, 5) is -0.394. The van der Waals surface area contributed by atoms with Crippen molar-refractivity contribution in [1.82, 2.24) is 4.72 Å². The van der Waals surface area contributed by atoms with Crippen LogP contribution in [0.15, 0.2) is 21.5 Å². The Balaban J connectivity index is 2.14. The fourth-order valence-corrected chi connectivity index (χ4v) is 5.30. The summed E-state index contributed by atoms with van der Waals surface area (Å²) in [5.74, 6) is 0.211. The summed E-state index contributed by atoms with van der Waals surface area (Å²) >= 11 is 4.91. The van der Waals surface area contributed by atoms with Gasteiger partial charge in [-0.05, 0) is 53.1 Å². The number of thioether (sulfide) groups is 1. The lowest BCUT2D eigenvalue weighted by molar-refractivity contribution is 0.537. The molecule has 0 saturated heterocycles. The van der Waals surface area contributed by atoms with Crippen molar-refractivity contribution >= 4 is 43.4 Å². The summed E-state index contributed by atoms with van der Waals surface area (Å²) in [5.41, 5.74) is 5.84. The van der Waals surface area contributed by atoms with E-state index in [-0.39, 0.29) is 11.7 Å². The summed E-state index contributed by atoms with van der Waals surface area (Å²) in [6, 6.07) is 2.09. The third-order valence-corrected chi connectivity index (χ3v) is 6.90. The lowest BCUT2D eigenvalue weighted by Gasteiger charge is -2.14. The zero-order chi connectivity index (χ0) is 15.6. The van der Waals surface area contributed by atoms with E-state index in [9.17, 15) is 12.8 Å². The summed E-state index contributed by atoms with van der Waals surface area (Å²) in [6.45, 7) is 2.09. The van der Waals surface area contributed by atoms with Crippen LogP contribution in [0, 0.1) is 5.82 Å². The lowest BCUT2D eigenvalue weighted by Crippen LogP contribution is -2.33. The van der Waals surface area contributed by atoms with Crippen LogP contribution in [0.25, 0.3) is 0 Å². The Bertz CT molecular complexity index is 625. The van der Waals surface area contributed by atoms with Crippen LogP contribution in [0.2, 0.25) is 0 Å². The molecule has 0 heterocycles. The third-order valence-electron chi connectivity index (χ3n) is 3.45. The summed E-state index contributed by atoms with van der Waals surface area (Å²) in [7, 11) is -3.89. The van der Waals surface area contributed by atoms with Crippen LogP contribution in [-0.4, -0.2) is 25.5 Å². The van der Waals surface area contributed by atoms with Gasteiger partial charge in [-0.3, -0.25) is 0 Å². The average molecular weight is 397 g/mol. The molecule has 118 valence electrons. The molecule has 1 aromatic rings. The largest absolute Gasteiger partial charge is 0.398 e. The van der Waals surface area contributed by atoms with E-state index in [0.29, 0.717) is 9.72 Å². The van der Waals surface area contributed by atoms with Crippen molar-refractivity contribution in [3.8, 4) is 0 Å². The number of anilines is 1. The second-order valence-electron chi connectivity index (χ2n) is 5.01. The molecule has 2 rings (SSSR count). The Kier molecular flexibility index (Phi) is 5.56. The second kappa shape index (κ2) is 6.85. The summed E-state index contributed by atoms with van der Waals surface area (Å²) < 4.78 is 41.4. The first kappa shape index (κ1) is 17.1. The van der Waals surface area contributed by atoms with Crippen molar-refractivity contribution in [1.29, 1.82) is 0 Å². The number of hydrogen-bond acceptors (Lipinski definition) is 4. The van der Waals surface area contributed by atoms with Gasteiger partial charge in [0.25, 0.3) is 0 Å². The maximum absolute atomic E-state index is 13.9. The number of hydrogen-bond donors (Lipinski definition) is 2. The number of nitrogens with one attached hydrogen (secondary N) is 1. The van der Waals surface area contributed by atoms with Crippen LogP contribution in [0.5, 0.6) is 0 Å². The van der Waals surface area contributed by atoms with E-state index in [1.165, 1.54) is 0 Å². The molecule has 0 radical (unpaired) electrons. The monoisotopic (exact) mass is 396 g/mol. The molecule has 4 nitrogen and oxygen atoms in total. The molecule has 21 heavy (non-hydrogen) atoms. The number of nitrogen functional groups attached to an aromatic ring is 1. The van der Waals surface area contributed by atoms with Gasteiger partial charge in [-0.2, -0.15) is 11.8 Å². The third kappa shape index (κ3) is 4.12.